The van der Waals surface area contributed by atoms with E-state index in [1.807, 2.05) is 0 Å². The molecule has 2 heterocycles. The lowest BCUT2D eigenvalue weighted by Crippen LogP contribution is -2.17. The first-order valence-corrected chi connectivity index (χ1v) is 20.2. The van der Waals surface area contributed by atoms with Crippen molar-refractivity contribution in [1.29, 1.82) is 0 Å². The fourth-order valence-corrected chi connectivity index (χ4v) is 9.25. The molecule has 3 aliphatic carbocycles. The van der Waals surface area contributed by atoms with Crippen molar-refractivity contribution in [3.63, 3.8) is 0 Å². The largest absolute Gasteiger partial charge is 0.489 e. The molecule has 2 atom stereocenters. The fraction of sp³-hybridized carbons (Fsp3) is 0.111. The molecule has 0 amide bonds. The van der Waals surface area contributed by atoms with Crippen molar-refractivity contribution < 1.29 is 4.74 Å². The van der Waals surface area contributed by atoms with Gasteiger partial charge in [0.2, 0.25) is 0 Å². The van der Waals surface area contributed by atoms with E-state index in [4.69, 9.17) is 14.7 Å². The Balaban J connectivity index is 0.968. The molecule has 11 rings (SSSR count). The second kappa shape index (κ2) is 14.0. The van der Waals surface area contributed by atoms with Gasteiger partial charge in [0, 0.05) is 34.6 Å². The molecule has 2 unspecified atom stereocenters. The van der Waals surface area contributed by atoms with Crippen LogP contribution in [0.1, 0.15) is 59.9 Å². The van der Waals surface area contributed by atoms with Crippen molar-refractivity contribution in [3.8, 4) is 33.6 Å². The van der Waals surface area contributed by atoms with Crippen LogP contribution in [-0.4, -0.2) is 9.97 Å². The van der Waals surface area contributed by atoms with Crippen LogP contribution >= 0.6 is 0 Å². The van der Waals surface area contributed by atoms with E-state index in [0.717, 1.165) is 59.8 Å². The maximum Gasteiger partial charge on any atom is 0.156 e. The Morgan fingerprint density at radius 3 is 2.14 bits per heavy atom. The fourth-order valence-electron chi connectivity index (χ4n) is 9.25. The molecule has 0 bridgehead atoms. The van der Waals surface area contributed by atoms with Gasteiger partial charge < -0.3 is 4.74 Å². The number of ether oxygens (including phenoxy) is 1. The minimum atomic E-state index is -0.0344. The molecule has 0 radical (unpaired) electrons. The van der Waals surface area contributed by atoms with E-state index in [1.54, 1.807) is 0 Å². The van der Waals surface area contributed by atoms with Crippen LogP contribution in [0, 0.1) is 5.92 Å². The van der Waals surface area contributed by atoms with E-state index in [9.17, 15) is 0 Å². The molecule has 4 aliphatic rings. The number of allylic oxidation sites excluding steroid dienone is 7. The summed E-state index contributed by atoms with van der Waals surface area (Å²) in [7, 11) is 0. The average molecular weight is 733 g/mol. The summed E-state index contributed by atoms with van der Waals surface area (Å²) in [6, 6.07) is 54.6. The highest BCUT2D eigenvalue weighted by atomic mass is 16.5. The molecule has 0 fully saturated rings. The predicted octanol–water partition coefficient (Wildman–Crippen LogP) is 13.6. The smallest absolute Gasteiger partial charge is 0.156 e. The number of aromatic nitrogens is 2. The highest BCUT2D eigenvalue weighted by Gasteiger charge is 2.43. The molecule has 0 saturated carbocycles. The molecule has 1 aromatic heterocycles. The predicted molar refractivity (Wildman–Crippen MR) is 234 cm³/mol. The Morgan fingerprint density at radius 2 is 1.26 bits per heavy atom. The number of nitrogens with zero attached hydrogens (tertiary/aromatic N) is 2. The highest BCUT2D eigenvalue weighted by molar-refractivity contribution is 5.99. The molecular formula is C54H40N2O. The first-order chi connectivity index (χ1) is 28.2. The average Bonchev–Trinajstić information content (AvgIpc) is 3.68. The van der Waals surface area contributed by atoms with Gasteiger partial charge in [0.15, 0.2) is 5.82 Å². The van der Waals surface area contributed by atoms with Crippen molar-refractivity contribution in [2.24, 2.45) is 5.92 Å². The molecule has 0 N–H and O–H groups in total. The Kier molecular flexibility index (Phi) is 8.24. The summed E-state index contributed by atoms with van der Waals surface area (Å²) in [5.41, 5.74) is 16.5. The van der Waals surface area contributed by atoms with Crippen LogP contribution in [0.4, 0.5) is 0 Å². The normalized spacial score (nSPS) is 18.2. The van der Waals surface area contributed by atoms with Crippen molar-refractivity contribution in [1.82, 2.24) is 9.97 Å². The van der Waals surface area contributed by atoms with E-state index >= 15 is 0 Å². The molecule has 3 heteroatoms. The van der Waals surface area contributed by atoms with Gasteiger partial charge in [0.05, 0.1) is 11.4 Å². The monoisotopic (exact) mass is 732 g/mol. The van der Waals surface area contributed by atoms with Crippen molar-refractivity contribution in [3.05, 3.63) is 221 Å². The molecule has 3 nitrogen and oxygen atoms in total. The summed E-state index contributed by atoms with van der Waals surface area (Å²) in [4.78, 5) is 10.4. The Hall–Kier alpha value is -6.84. The number of benzene rings is 6. The minimum Gasteiger partial charge on any atom is -0.489 e. The Morgan fingerprint density at radius 1 is 0.544 bits per heavy atom. The second-order valence-electron chi connectivity index (χ2n) is 15.4. The molecule has 0 saturated heterocycles. The van der Waals surface area contributed by atoms with Gasteiger partial charge >= 0.3 is 0 Å². The van der Waals surface area contributed by atoms with Gasteiger partial charge in [-0.05, 0) is 86.7 Å². The van der Waals surface area contributed by atoms with E-state index < -0.39 is 0 Å². The third-order valence-electron chi connectivity index (χ3n) is 12.0. The Bertz CT molecular complexity index is 2870. The summed E-state index contributed by atoms with van der Waals surface area (Å²) in [6.07, 6.45) is 15.2. The van der Waals surface area contributed by atoms with Gasteiger partial charge in [0.25, 0.3) is 0 Å². The van der Waals surface area contributed by atoms with Gasteiger partial charge in [-0.3, -0.25) is 0 Å². The molecule has 0 spiro atoms. The summed E-state index contributed by atoms with van der Waals surface area (Å²) >= 11 is 0. The third-order valence-corrected chi connectivity index (χ3v) is 12.0. The molecule has 1 aliphatic heterocycles. The van der Waals surface area contributed by atoms with Crippen LogP contribution in [0.25, 0.3) is 61.1 Å². The first kappa shape index (κ1) is 33.5. The number of hydrogen-bond donors (Lipinski definition) is 0. The Labute approximate surface area is 333 Å². The lowest BCUT2D eigenvalue weighted by Gasteiger charge is -2.29. The second-order valence-corrected chi connectivity index (χ2v) is 15.4. The molecule has 272 valence electrons. The standard InChI is InChI=1S/C54H40N2O/c1-3-14-35(15-4-1)40-20-11-21-41(32-40)50-34-49(55-54(56-50)39-17-5-2-6-18-39)38-30-28-37(29-31-38)43-25-13-27-51-52(43)48-33-47(45-23-9-10-24-46(45)53(48)57-51)44-26-12-19-36-16-7-8-22-42(36)44/h1-5,7-12,14-17,19-26,28-34,48,53H,6,13,18,27H2. The summed E-state index contributed by atoms with van der Waals surface area (Å²) in [5, 5.41) is 2.53. The van der Waals surface area contributed by atoms with E-state index in [1.165, 1.54) is 66.4 Å². The maximum absolute atomic E-state index is 6.94. The summed E-state index contributed by atoms with van der Waals surface area (Å²) < 4.78 is 6.94. The zero-order valence-electron chi connectivity index (χ0n) is 31.6. The van der Waals surface area contributed by atoms with Crippen LogP contribution < -0.4 is 0 Å². The van der Waals surface area contributed by atoms with Crippen molar-refractivity contribution in [2.45, 2.75) is 31.8 Å². The molecule has 57 heavy (non-hydrogen) atoms. The van der Waals surface area contributed by atoms with E-state index in [2.05, 4.69) is 182 Å². The summed E-state index contributed by atoms with van der Waals surface area (Å²) in [6.45, 7) is 0. The summed E-state index contributed by atoms with van der Waals surface area (Å²) in [5.74, 6) is 2.05. The zero-order valence-corrected chi connectivity index (χ0v) is 31.6. The van der Waals surface area contributed by atoms with Crippen molar-refractivity contribution >= 4 is 27.5 Å². The molecule has 6 aromatic carbocycles. The molecular weight excluding hydrogens is 693 g/mol. The van der Waals surface area contributed by atoms with Gasteiger partial charge in [-0.2, -0.15) is 0 Å². The maximum atomic E-state index is 6.94. The minimum absolute atomic E-state index is 0.0344. The quantitative estimate of drug-likeness (QED) is 0.171. The van der Waals surface area contributed by atoms with E-state index in [0.29, 0.717) is 0 Å². The third kappa shape index (κ3) is 5.98. The molecule has 7 aromatic rings. The highest BCUT2D eigenvalue weighted by Crippen LogP contribution is 2.55. The number of hydrogen-bond acceptors (Lipinski definition) is 3. The van der Waals surface area contributed by atoms with Crippen LogP contribution in [0.5, 0.6) is 0 Å². The lowest BCUT2D eigenvalue weighted by atomic mass is 9.74. The van der Waals surface area contributed by atoms with Gasteiger partial charge in [-0.15, -0.1) is 0 Å². The van der Waals surface area contributed by atoms with Crippen LogP contribution in [-0.2, 0) is 4.74 Å². The van der Waals surface area contributed by atoms with Crippen LogP contribution in [0.15, 0.2) is 193 Å². The van der Waals surface area contributed by atoms with Crippen molar-refractivity contribution in [2.75, 3.05) is 0 Å². The van der Waals surface area contributed by atoms with Gasteiger partial charge in [-0.25, -0.2) is 9.97 Å². The first-order valence-electron chi connectivity index (χ1n) is 20.2. The van der Waals surface area contributed by atoms with Gasteiger partial charge in [-0.1, -0.05) is 170 Å². The topological polar surface area (TPSA) is 35.0 Å². The number of fused-ring (bicyclic) bond motifs is 5. The van der Waals surface area contributed by atoms with E-state index in [-0.39, 0.29) is 12.0 Å². The SMILES string of the molecule is C1=CCCC(c2nc(-c3ccc(C4=CCCC5=C4C4C=C(c6cccc7ccccc67)c6ccccc6C4O5)cc3)cc(-c3cccc(-c4ccccc4)c3)n2)=C1. The zero-order chi connectivity index (χ0) is 37.7. The lowest BCUT2D eigenvalue weighted by molar-refractivity contribution is 0.119. The number of rotatable bonds is 6. The van der Waals surface area contributed by atoms with Crippen LogP contribution in [0.3, 0.4) is 0 Å². The van der Waals surface area contributed by atoms with Crippen LogP contribution in [0.2, 0.25) is 0 Å². The van der Waals surface area contributed by atoms with Gasteiger partial charge in [0.1, 0.15) is 11.9 Å².